The van der Waals surface area contributed by atoms with Crippen molar-refractivity contribution in [2.24, 2.45) is 0 Å². The van der Waals surface area contributed by atoms with Crippen molar-refractivity contribution in [2.75, 3.05) is 39.8 Å². The summed E-state index contributed by atoms with van der Waals surface area (Å²) in [5.41, 5.74) is 1.81. The van der Waals surface area contributed by atoms with Gasteiger partial charge >= 0.3 is 0 Å². The summed E-state index contributed by atoms with van der Waals surface area (Å²) in [5, 5.41) is 23.7. The van der Waals surface area contributed by atoms with Crippen LogP contribution in [0.2, 0.25) is 0 Å². The number of hydrogen-bond donors (Lipinski definition) is 3. The number of phenols is 2. The molecule has 10 nitrogen and oxygen atoms in total. The van der Waals surface area contributed by atoms with Crippen LogP contribution in [0.3, 0.4) is 0 Å². The minimum absolute atomic E-state index is 0.0187. The molecule has 2 aliphatic rings. The van der Waals surface area contributed by atoms with E-state index in [1.807, 2.05) is 42.2 Å². The molecule has 0 spiro atoms. The number of aromatic hydroxyl groups is 2. The number of phenolic OH excluding ortho intramolecular Hbond substituents is 2. The molecular weight excluding hydrogens is 532 g/mol. The Morgan fingerprint density at radius 3 is 2.55 bits per heavy atom. The average Bonchev–Trinajstić information content (AvgIpc) is 3.53. The molecule has 1 saturated heterocycles. The van der Waals surface area contributed by atoms with Gasteiger partial charge in [0.25, 0.3) is 11.8 Å². The van der Waals surface area contributed by atoms with Crippen molar-refractivity contribution in [1.29, 1.82) is 0 Å². The first-order valence-electron chi connectivity index (χ1n) is 13.1. The molecule has 40 heavy (non-hydrogen) atoms. The standard InChI is InChI=1S/C29H32N4O6S/c1-18-3-6-22(40-18)16-31(2)28(37)23-12-24(26(35)13-25(23)34)29(38)33-14-19-4-5-21(11-20(19)15-33)39-10-9-32-8-7-30-27(36)17-32/h3-6,11-13,34-35H,7-10,14-17H2,1-2H3,(H,30,36). The van der Waals surface area contributed by atoms with Crippen molar-refractivity contribution in [1.82, 2.24) is 20.0 Å². The van der Waals surface area contributed by atoms with Crippen LogP contribution in [0.15, 0.2) is 42.5 Å². The smallest absolute Gasteiger partial charge is 0.258 e. The van der Waals surface area contributed by atoms with E-state index in [1.165, 1.54) is 11.0 Å². The monoisotopic (exact) mass is 564 g/mol. The van der Waals surface area contributed by atoms with Gasteiger partial charge in [-0.2, -0.15) is 0 Å². The zero-order valence-electron chi connectivity index (χ0n) is 22.5. The first-order valence-corrected chi connectivity index (χ1v) is 13.9. The summed E-state index contributed by atoms with van der Waals surface area (Å²) in [6.45, 7) is 5.89. The lowest BCUT2D eigenvalue weighted by atomic mass is 10.1. The summed E-state index contributed by atoms with van der Waals surface area (Å²) in [6.07, 6.45) is 0. The van der Waals surface area contributed by atoms with Gasteiger partial charge in [-0.05, 0) is 48.4 Å². The number of ether oxygens (including phenoxy) is 1. The van der Waals surface area contributed by atoms with E-state index in [2.05, 4.69) is 5.32 Å². The van der Waals surface area contributed by atoms with Crippen LogP contribution in [0, 0.1) is 6.92 Å². The molecule has 11 heteroatoms. The summed E-state index contributed by atoms with van der Waals surface area (Å²) >= 11 is 1.58. The molecule has 2 aliphatic heterocycles. The van der Waals surface area contributed by atoms with Crippen LogP contribution < -0.4 is 10.1 Å². The fraction of sp³-hybridized carbons (Fsp3) is 0.345. The lowest BCUT2D eigenvalue weighted by Crippen LogP contribution is -2.48. The number of nitrogens with zero attached hydrogens (tertiary/aromatic N) is 3. The third-order valence-electron chi connectivity index (χ3n) is 7.09. The Morgan fingerprint density at radius 1 is 1.02 bits per heavy atom. The molecule has 0 atom stereocenters. The summed E-state index contributed by atoms with van der Waals surface area (Å²) in [7, 11) is 1.63. The number of nitrogens with one attached hydrogen (secondary N) is 1. The zero-order chi connectivity index (χ0) is 28.4. The van der Waals surface area contributed by atoms with E-state index >= 15 is 0 Å². The van der Waals surface area contributed by atoms with Crippen LogP contribution in [-0.4, -0.2) is 82.5 Å². The Bertz CT molecular complexity index is 1450. The van der Waals surface area contributed by atoms with Gasteiger partial charge in [0, 0.05) is 55.6 Å². The normalized spacial score (nSPS) is 15.1. The van der Waals surface area contributed by atoms with E-state index in [4.69, 9.17) is 4.74 Å². The molecule has 3 aromatic rings. The second kappa shape index (κ2) is 11.6. The first-order chi connectivity index (χ1) is 19.2. The van der Waals surface area contributed by atoms with Gasteiger partial charge in [0.2, 0.25) is 5.91 Å². The largest absolute Gasteiger partial charge is 0.507 e. The zero-order valence-corrected chi connectivity index (χ0v) is 23.3. The molecule has 3 amide bonds. The van der Waals surface area contributed by atoms with E-state index in [0.717, 1.165) is 33.5 Å². The Labute approximate surface area is 236 Å². The van der Waals surface area contributed by atoms with Crippen LogP contribution in [0.5, 0.6) is 17.2 Å². The maximum absolute atomic E-state index is 13.4. The van der Waals surface area contributed by atoms with E-state index in [1.54, 1.807) is 23.3 Å². The molecule has 0 aliphatic carbocycles. The lowest BCUT2D eigenvalue weighted by molar-refractivity contribution is -0.124. The number of thiophene rings is 1. The molecule has 0 saturated carbocycles. The van der Waals surface area contributed by atoms with Crippen molar-refractivity contribution in [2.45, 2.75) is 26.6 Å². The maximum Gasteiger partial charge on any atom is 0.258 e. The Hall–Kier alpha value is -4.09. The van der Waals surface area contributed by atoms with E-state index in [9.17, 15) is 24.6 Å². The number of fused-ring (bicyclic) bond motifs is 1. The predicted octanol–water partition coefficient (Wildman–Crippen LogP) is 2.71. The molecular formula is C29H32N4O6S. The van der Waals surface area contributed by atoms with Gasteiger partial charge in [-0.15, -0.1) is 11.3 Å². The van der Waals surface area contributed by atoms with Gasteiger partial charge in [0.05, 0.1) is 24.2 Å². The summed E-state index contributed by atoms with van der Waals surface area (Å²) in [6, 6.07) is 11.9. The molecule has 2 aromatic carbocycles. The number of aryl methyl sites for hydroxylation is 1. The van der Waals surface area contributed by atoms with Crippen LogP contribution in [-0.2, 0) is 24.4 Å². The number of carbonyl (C=O) groups excluding carboxylic acids is 3. The van der Waals surface area contributed by atoms with Gasteiger partial charge in [-0.1, -0.05) is 6.07 Å². The third kappa shape index (κ3) is 6.05. The van der Waals surface area contributed by atoms with Crippen LogP contribution >= 0.6 is 11.3 Å². The second-order valence-electron chi connectivity index (χ2n) is 10.1. The molecule has 210 valence electrons. The predicted molar refractivity (Wildman–Crippen MR) is 150 cm³/mol. The molecule has 0 unspecified atom stereocenters. The summed E-state index contributed by atoms with van der Waals surface area (Å²) < 4.78 is 5.90. The second-order valence-corrected chi connectivity index (χ2v) is 11.5. The number of carbonyl (C=O) groups is 3. The number of benzene rings is 2. The minimum atomic E-state index is -0.450. The van der Waals surface area contributed by atoms with Crippen molar-refractivity contribution in [3.8, 4) is 17.2 Å². The van der Waals surface area contributed by atoms with E-state index < -0.39 is 11.8 Å². The molecule has 3 heterocycles. The highest BCUT2D eigenvalue weighted by Gasteiger charge is 2.29. The van der Waals surface area contributed by atoms with Gasteiger partial charge < -0.3 is 30.1 Å². The number of rotatable bonds is 8. The van der Waals surface area contributed by atoms with Gasteiger partial charge in [0.1, 0.15) is 23.9 Å². The van der Waals surface area contributed by atoms with Gasteiger partial charge in [-0.25, -0.2) is 0 Å². The topological polar surface area (TPSA) is 123 Å². The summed E-state index contributed by atoms with van der Waals surface area (Å²) in [4.78, 5) is 45.3. The minimum Gasteiger partial charge on any atom is -0.507 e. The van der Waals surface area contributed by atoms with Gasteiger partial charge in [0.15, 0.2) is 0 Å². The molecule has 3 N–H and O–H groups in total. The van der Waals surface area contributed by atoms with Crippen molar-refractivity contribution < 1.29 is 29.3 Å². The average molecular weight is 565 g/mol. The fourth-order valence-electron chi connectivity index (χ4n) is 4.95. The number of amides is 3. The highest BCUT2D eigenvalue weighted by atomic mass is 32.1. The summed E-state index contributed by atoms with van der Waals surface area (Å²) in [5.74, 6) is -0.963. The molecule has 0 radical (unpaired) electrons. The lowest BCUT2D eigenvalue weighted by Gasteiger charge is -2.26. The molecule has 0 bridgehead atoms. The Kier molecular flexibility index (Phi) is 7.95. The SMILES string of the molecule is Cc1ccc(CN(C)C(=O)c2cc(C(=O)N3Cc4ccc(OCCN5CCNC(=O)C5)cc4C3)c(O)cc2O)s1. The van der Waals surface area contributed by atoms with E-state index in [-0.39, 0.29) is 28.5 Å². The van der Waals surface area contributed by atoms with Crippen molar-refractivity contribution >= 4 is 29.1 Å². The van der Waals surface area contributed by atoms with Crippen LogP contribution in [0.25, 0.3) is 0 Å². The molecule has 1 aromatic heterocycles. The Balaban J connectivity index is 1.24. The van der Waals surface area contributed by atoms with Crippen molar-refractivity contribution in [3.05, 3.63) is 74.5 Å². The highest BCUT2D eigenvalue weighted by Crippen LogP contribution is 2.33. The number of hydrogen-bond acceptors (Lipinski definition) is 8. The van der Waals surface area contributed by atoms with E-state index in [0.29, 0.717) is 51.6 Å². The maximum atomic E-state index is 13.4. The first kappa shape index (κ1) is 27.5. The highest BCUT2D eigenvalue weighted by molar-refractivity contribution is 7.11. The van der Waals surface area contributed by atoms with Crippen LogP contribution in [0.1, 0.15) is 41.6 Å². The third-order valence-corrected chi connectivity index (χ3v) is 8.08. The molecule has 1 fully saturated rings. The van der Waals surface area contributed by atoms with Crippen LogP contribution in [0.4, 0.5) is 0 Å². The fourth-order valence-corrected chi connectivity index (χ4v) is 5.89. The van der Waals surface area contributed by atoms with Crippen molar-refractivity contribution in [3.63, 3.8) is 0 Å². The van der Waals surface area contributed by atoms with Gasteiger partial charge in [-0.3, -0.25) is 19.3 Å². The Morgan fingerprint density at radius 2 is 1.80 bits per heavy atom. The molecule has 5 rings (SSSR count). The quantitative estimate of drug-likeness (QED) is 0.385. The number of piperazine rings is 1.